The molecule has 2 aliphatic rings. The number of piperidine rings is 2. The van der Waals surface area contributed by atoms with Gasteiger partial charge in [-0.1, -0.05) is 37.6 Å². The van der Waals surface area contributed by atoms with Gasteiger partial charge in [-0.25, -0.2) is 4.98 Å². The molecule has 2 amide bonds. The van der Waals surface area contributed by atoms with Gasteiger partial charge in [0.2, 0.25) is 5.91 Å². The number of benzene rings is 1. The van der Waals surface area contributed by atoms with Crippen molar-refractivity contribution < 1.29 is 27.5 Å². The first-order valence-electron chi connectivity index (χ1n) is 14.2. The number of nitrogens with one attached hydrogen (secondary N) is 1. The number of carbonyl (C=O) groups is 2. The van der Waals surface area contributed by atoms with E-state index in [0.29, 0.717) is 36.9 Å². The molecule has 0 saturated carbocycles. The van der Waals surface area contributed by atoms with Crippen molar-refractivity contribution in [1.29, 1.82) is 0 Å². The second-order valence-electron chi connectivity index (χ2n) is 10.7. The van der Waals surface area contributed by atoms with E-state index in [1.807, 2.05) is 6.07 Å². The molecule has 0 spiro atoms. The number of pyridine rings is 1. The molecule has 7 nitrogen and oxygen atoms in total. The standard InChI is InChI=1S/C17H22F3NO2.C13H18ClN3O/c1-3-23-14-6-4-5-13(11-14)15(17(18,19)20)16(22)21-9-7-12(2)8-10-21;1-9-5-7-17(8-6-9)11-4-3-10(12(14)16-11)13(18)15-2/h4-6,11-12,15H,3,7-10H2,1-2H3;3-4,9H,5-8H2,1-2H3,(H,15,18). The molecule has 1 aromatic heterocycles. The molecular formula is C30H40ClF3N4O3. The van der Waals surface area contributed by atoms with Gasteiger partial charge in [0.1, 0.15) is 16.7 Å². The van der Waals surface area contributed by atoms with E-state index in [0.717, 1.165) is 37.7 Å². The first kappa shape index (κ1) is 32.5. The van der Waals surface area contributed by atoms with Crippen LogP contribution in [-0.2, 0) is 4.79 Å². The van der Waals surface area contributed by atoms with Crippen LogP contribution in [0.25, 0.3) is 0 Å². The molecule has 1 N–H and O–H groups in total. The Morgan fingerprint density at radius 3 is 2.20 bits per heavy atom. The highest BCUT2D eigenvalue weighted by Crippen LogP contribution is 2.38. The first-order valence-corrected chi connectivity index (χ1v) is 14.5. The van der Waals surface area contributed by atoms with E-state index in [4.69, 9.17) is 16.3 Å². The molecule has 0 radical (unpaired) electrons. The number of hydrogen-bond acceptors (Lipinski definition) is 5. The maximum absolute atomic E-state index is 13.5. The Labute approximate surface area is 245 Å². The smallest absolute Gasteiger partial charge is 0.404 e. The van der Waals surface area contributed by atoms with Crippen LogP contribution in [0.15, 0.2) is 36.4 Å². The van der Waals surface area contributed by atoms with Crippen LogP contribution in [0.5, 0.6) is 5.75 Å². The summed E-state index contributed by atoms with van der Waals surface area (Å²) in [4.78, 5) is 31.9. The summed E-state index contributed by atoms with van der Waals surface area (Å²) in [7, 11) is 1.58. The summed E-state index contributed by atoms with van der Waals surface area (Å²) in [6.07, 6.45) is -0.775. The normalized spacial score (nSPS) is 17.4. The molecule has 1 unspecified atom stereocenters. The fourth-order valence-corrected chi connectivity index (χ4v) is 5.21. The van der Waals surface area contributed by atoms with E-state index in [-0.39, 0.29) is 16.6 Å². The minimum Gasteiger partial charge on any atom is -0.494 e. The third kappa shape index (κ3) is 8.99. The second kappa shape index (κ2) is 14.8. The lowest BCUT2D eigenvalue weighted by molar-refractivity contribution is -0.172. The topological polar surface area (TPSA) is 74.8 Å². The number of halogens is 4. The fraction of sp³-hybridized carbons (Fsp3) is 0.567. The molecule has 2 aliphatic heterocycles. The Hall–Kier alpha value is -3.01. The molecule has 41 heavy (non-hydrogen) atoms. The SMILES string of the molecule is CCOc1cccc(C(C(=O)N2CCC(C)CC2)C(F)(F)F)c1.CNC(=O)c1ccc(N2CCC(C)CC2)nc1Cl. The summed E-state index contributed by atoms with van der Waals surface area (Å²) in [5.74, 6) is -0.758. The predicted molar refractivity (Wildman–Crippen MR) is 155 cm³/mol. The van der Waals surface area contributed by atoms with Crippen LogP contribution in [0.3, 0.4) is 0 Å². The van der Waals surface area contributed by atoms with E-state index < -0.39 is 18.0 Å². The van der Waals surface area contributed by atoms with Crippen molar-refractivity contribution >= 4 is 29.2 Å². The van der Waals surface area contributed by atoms with Gasteiger partial charge in [-0.05, 0) is 74.3 Å². The van der Waals surface area contributed by atoms with Crippen molar-refractivity contribution in [3.05, 3.63) is 52.7 Å². The molecular weight excluding hydrogens is 557 g/mol. The molecule has 11 heteroatoms. The molecule has 4 rings (SSSR count). The van der Waals surface area contributed by atoms with E-state index in [1.54, 1.807) is 26.1 Å². The Morgan fingerprint density at radius 2 is 1.66 bits per heavy atom. The number of hydrogen-bond donors (Lipinski definition) is 1. The quantitative estimate of drug-likeness (QED) is 0.395. The van der Waals surface area contributed by atoms with Gasteiger partial charge in [-0.2, -0.15) is 13.2 Å². The molecule has 226 valence electrons. The predicted octanol–water partition coefficient (Wildman–Crippen LogP) is 6.32. The summed E-state index contributed by atoms with van der Waals surface area (Å²) >= 11 is 6.05. The maximum Gasteiger partial charge on any atom is 0.404 e. The van der Waals surface area contributed by atoms with Crippen molar-refractivity contribution in [2.24, 2.45) is 11.8 Å². The zero-order valence-electron chi connectivity index (χ0n) is 24.1. The van der Waals surface area contributed by atoms with E-state index in [9.17, 15) is 22.8 Å². The lowest BCUT2D eigenvalue weighted by Crippen LogP contribution is -2.44. The lowest BCUT2D eigenvalue weighted by Gasteiger charge is -2.33. The molecule has 2 saturated heterocycles. The summed E-state index contributed by atoms with van der Waals surface area (Å²) in [6.45, 7) is 9.22. The van der Waals surface area contributed by atoms with E-state index in [2.05, 4.69) is 29.0 Å². The van der Waals surface area contributed by atoms with Crippen LogP contribution in [0.2, 0.25) is 5.15 Å². The van der Waals surface area contributed by atoms with Crippen molar-refractivity contribution in [1.82, 2.24) is 15.2 Å². The molecule has 0 aliphatic carbocycles. The minimum absolute atomic E-state index is 0.0629. The van der Waals surface area contributed by atoms with Crippen molar-refractivity contribution in [3.63, 3.8) is 0 Å². The van der Waals surface area contributed by atoms with E-state index >= 15 is 0 Å². The molecule has 1 atom stereocenters. The monoisotopic (exact) mass is 596 g/mol. The average molecular weight is 597 g/mol. The van der Waals surface area contributed by atoms with Crippen LogP contribution < -0.4 is 15.0 Å². The number of carbonyl (C=O) groups excluding carboxylic acids is 2. The van der Waals surface area contributed by atoms with Gasteiger partial charge in [0.25, 0.3) is 5.91 Å². The minimum atomic E-state index is -4.62. The third-order valence-corrected chi connectivity index (χ3v) is 7.87. The number of amides is 2. The van der Waals surface area contributed by atoms with Crippen molar-refractivity contribution in [2.45, 2.75) is 58.5 Å². The molecule has 1 aromatic carbocycles. The first-order chi connectivity index (χ1) is 19.4. The highest BCUT2D eigenvalue weighted by atomic mass is 35.5. The highest BCUT2D eigenvalue weighted by molar-refractivity contribution is 6.32. The van der Waals surface area contributed by atoms with Crippen molar-refractivity contribution in [2.75, 3.05) is 44.7 Å². The van der Waals surface area contributed by atoms with Crippen LogP contribution in [-0.4, -0.2) is 67.7 Å². The lowest BCUT2D eigenvalue weighted by atomic mass is 9.93. The Balaban J connectivity index is 0.000000232. The van der Waals surface area contributed by atoms with Gasteiger partial charge >= 0.3 is 6.18 Å². The van der Waals surface area contributed by atoms with Crippen LogP contribution in [0.1, 0.15) is 68.3 Å². The molecule has 0 bridgehead atoms. The largest absolute Gasteiger partial charge is 0.494 e. The zero-order valence-corrected chi connectivity index (χ0v) is 24.9. The number of ether oxygens (including phenoxy) is 1. The highest BCUT2D eigenvalue weighted by Gasteiger charge is 2.48. The van der Waals surface area contributed by atoms with Crippen LogP contribution >= 0.6 is 11.6 Å². The Bertz CT molecular complexity index is 1160. The number of likely N-dealkylation sites (tertiary alicyclic amines) is 1. The van der Waals surface area contributed by atoms with Gasteiger partial charge in [-0.15, -0.1) is 0 Å². The maximum atomic E-state index is 13.5. The number of anilines is 1. The van der Waals surface area contributed by atoms with E-state index in [1.165, 1.54) is 35.9 Å². The second-order valence-corrected chi connectivity index (χ2v) is 11.1. The van der Waals surface area contributed by atoms with Crippen molar-refractivity contribution in [3.8, 4) is 5.75 Å². The summed E-state index contributed by atoms with van der Waals surface area (Å²) in [5, 5.41) is 2.82. The van der Waals surface area contributed by atoms with Gasteiger partial charge in [0, 0.05) is 33.2 Å². The van der Waals surface area contributed by atoms with Gasteiger partial charge < -0.3 is 19.9 Å². The van der Waals surface area contributed by atoms with Gasteiger partial charge in [0.05, 0.1) is 12.2 Å². The molecule has 2 fully saturated rings. The number of aromatic nitrogens is 1. The van der Waals surface area contributed by atoms with Gasteiger partial charge in [0.15, 0.2) is 5.92 Å². The number of alkyl halides is 3. The zero-order chi connectivity index (χ0) is 30.2. The third-order valence-electron chi connectivity index (χ3n) is 7.59. The van der Waals surface area contributed by atoms with Crippen LogP contribution in [0.4, 0.5) is 19.0 Å². The summed E-state index contributed by atoms with van der Waals surface area (Å²) < 4.78 is 45.8. The number of rotatable bonds is 6. The molecule has 3 heterocycles. The Morgan fingerprint density at radius 1 is 1.05 bits per heavy atom. The molecule has 2 aromatic rings. The number of nitrogens with zero attached hydrogens (tertiary/aromatic N) is 3. The van der Waals surface area contributed by atoms with Gasteiger partial charge in [-0.3, -0.25) is 9.59 Å². The van der Waals surface area contributed by atoms with Crippen LogP contribution in [0, 0.1) is 11.8 Å². The summed E-state index contributed by atoms with van der Waals surface area (Å²) in [5.41, 5.74) is 0.361. The average Bonchev–Trinajstić information content (AvgIpc) is 2.93. The fourth-order valence-electron chi connectivity index (χ4n) is 4.98. The Kier molecular flexibility index (Phi) is 11.7. The summed E-state index contributed by atoms with van der Waals surface area (Å²) in [6, 6.07) is 9.34.